The van der Waals surface area contributed by atoms with Crippen LogP contribution in [-0.4, -0.2) is 34.1 Å². The Labute approximate surface area is 92.5 Å². The summed E-state index contributed by atoms with van der Waals surface area (Å²) in [6.45, 7) is 2.23. The number of aliphatic hydroxyl groups excluding tert-OH is 1. The molecule has 1 rings (SSSR count). The quantitative estimate of drug-likeness (QED) is 0.788. The van der Waals surface area contributed by atoms with Gasteiger partial charge in [0.05, 0.1) is 5.02 Å². The maximum Gasteiger partial charge on any atom is 0.271 e. The third-order valence-electron chi connectivity index (χ3n) is 1.81. The van der Waals surface area contributed by atoms with Gasteiger partial charge >= 0.3 is 0 Å². The Morgan fingerprint density at radius 3 is 3.07 bits per heavy atom. The third kappa shape index (κ3) is 3.45. The van der Waals surface area contributed by atoms with Crippen molar-refractivity contribution in [2.45, 2.75) is 6.92 Å². The molecule has 82 valence electrons. The molecule has 5 nitrogen and oxygen atoms in total. The molecule has 0 radical (unpaired) electrons. The van der Waals surface area contributed by atoms with Crippen LogP contribution in [0.5, 0.6) is 0 Å². The monoisotopic (exact) mass is 229 g/mol. The van der Waals surface area contributed by atoms with Crippen LogP contribution in [0.4, 0.5) is 0 Å². The van der Waals surface area contributed by atoms with Crippen molar-refractivity contribution in [2.24, 2.45) is 5.92 Å². The van der Waals surface area contributed by atoms with E-state index in [9.17, 15) is 4.79 Å². The van der Waals surface area contributed by atoms with Crippen LogP contribution < -0.4 is 5.32 Å². The normalized spacial score (nSPS) is 12.2. The lowest BCUT2D eigenvalue weighted by molar-refractivity contribution is 0.0937. The molecule has 0 aliphatic rings. The Morgan fingerprint density at radius 1 is 1.73 bits per heavy atom. The average molecular weight is 230 g/mol. The highest BCUT2D eigenvalue weighted by atomic mass is 35.5. The zero-order chi connectivity index (χ0) is 11.3. The van der Waals surface area contributed by atoms with Crippen molar-refractivity contribution in [3.8, 4) is 0 Å². The zero-order valence-corrected chi connectivity index (χ0v) is 9.03. The van der Waals surface area contributed by atoms with Crippen LogP contribution in [0.15, 0.2) is 12.5 Å². The number of hydrogen-bond acceptors (Lipinski definition) is 4. The van der Waals surface area contributed by atoms with E-state index in [2.05, 4.69) is 15.3 Å². The van der Waals surface area contributed by atoms with Gasteiger partial charge in [0.15, 0.2) is 0 Å². The van der Waals surface area contributed by atoms with Gasteiger partial charge in [-0.25, -0.2) is 9.97 Å². The van der Waals surface area contributed by atoms with Gasteiger partial charge in [0, 0.05) is 19.3 Å². The van der Waals surface area contributed by atoms with Gasteiger partial charge in [0.25, 0.3) is 5.91 Å². The van der Waals surface area contributed by atoms with E-state index in [1.807, 2.05) is 6.92 Å². The standard InChI is InChI=1S/C9H12ClN3O2/c1-6(4-14)2-12-9(15)8-7(10)3-11-5-13-8/h3,5-6,14H,2,4H2,1H3,(H,12,15). The summed E-state index contributed by atoms with van der Waals surface area (Å²) in [4.78, 5) is 19.0. The van der Waals surface area contributed by atoms with Crippen LogP contribution in [0.3, 0.4) is 0 Å². The van der Waals surface area contributed by atoms with Crippen LogP contribution in [0, 0.1) is 5.92 Å². The van der Waals surface area contributed by atoms with Gasteiger partial charge in [0.1, 0.15) is 12.0 Å². The highest BCUT2D eigenvalue weighted by Gasteiger charge is 2.12. The molecule has 1 aromatic heterocycles. The summed E-state index contributed by atoms with van der Waals surface area (Å²) in [5.74, 6) is -0.350. The topological polar surface area (TPSA) is 75.1 Å². The molecule has 0 spiro atoms. The molecule has 0 fully saturated rings. The van der Waals surface area contributed by atoms with Gasteiger partial charge in [-0.15, -0.1) is 0 Å². The van der Waals surface area contributed by atoms with Crippen molar-refractivity contribution in [3.63, 3.8) is 0 Å². The Bertz CT molecular complexity index is 346. The Hall–Kier alpha value is -1.20. The number of nitrogens with one attached hydrogen (secondary N) is 1. The van der Waals surface area contributed by atoms with E-state index in [-0.39, 0.29) is 29.1 Å². The number of rotatable bonds is 4. The molecule has 0 saturated heterocycles. The molecule has 0 aromatic carbocycles. The summed E-state index contributed by atoms with van der Waals surface area (Å²) in [5.41, 5.74) is 0.150. The number of aromatic nitrogens is 2. The SMILES string of the molecule is CC(CO)CNC(=O)c1ncncc1Cl. The fraction of sp³-hybridized carbons (Fsp3) is 0.444. The summed E-state index contributed by atoms with van der Waals surface area (Å²) < 4.78 is 0. The maximum absolute atomic E-state index is 11.5. The number of carbonyl (C=O) groups is 1. The number of nitrogens with zero attached hydrogens (tertiary/aromatic N) is 2. The molecule has 1 atom stereocenters. The summed E-state index contributed by atoms with van der Waals surface area (Å²) in [6.07, 6.45) is 2.62. The molecule has 1 aromatic rings. The van der Waals surface area contributed by atoms with E-state index >= 15 is 0 Å². The Kier molecular flexibility index (Phi) is 4.45. The smallest absolute Gasteiger partial charge is 0.271 e. The largest absolute Gasteiger partial charge is 0.396 e. The molecular weight excluding hydrogens is 218 g/mol. The van der Waals surface area contributed by atoms with Gasteiger partial charge in [-0.3, -0.25) is 4.79 Å². The van der Waals surface area contributed by atoms with Crippen molar-refractivity contribution in [1.29, 1.82) is 0 Å². The number of hydrogen-bond donors (Lipinski definition) is 2. The lowest BCUT2D eigenvalue weighted by Crippen LogP contribution is -2.30. The van der Waals surface area contributed by atoms with Crippen molar-refractivity contribution >= 4 is 17.5 Å². The molecule has 15 heavy (non-hydrogen) atoms. The molecule has 0 saturated carbocycles. The van der Waals surface area contributed by atoms with E-state index in [4.69, 9.17) is 16.7 Å². The van der Waals surface area contributed by atoms with E-state index in [1.165, 1.54) is 12.5 Å². The van der Waals surface area contributed by atoms with E-state index < -0.39 is 0 Å². The van der Waals surface area contributed by atoms with Crippen molar-refractivity contribution < 1.29 is 9.90 Å². The highest BCUT2D eigenvalue weighted by molar-refractivity contribution is 6.33. The predicted molar refractivity (Wildman–Crippen MR) is 55.6 cm³/mol. The van der Waals surface area contributed by atoms with Crippen molar-refractivity contribution in [1.82, 2.24) is 15.3 Å². The van der Waals surface area contributed by atoms with E-state index in [0.717, 1.165) is 0 Å². The fourth-order valence-electron chi connectivity index (χ4n) is 0.895. The van der Waals surface area contributed by atoms with Crippen LogP contribution in [0.2, 0.25) is 5.02 Å². The average Bonchev–Trinajstić information content (AvgIpc) is 2.26. The van der Waals surface area contributed by atoms with Crippen molar-refractivity contribution in [2.75, 3.05) is 13.2 Å². The second kappa shape index (κ2) is 5.63. The molecule has 1 heterocycles. The molecule has 6 heteroatoms. The van der Waals surface area contributed by atoms with Crippen LogP contribution in [-0.2, 0) is 0 Å². The van der Waals surface area contributed by atoms with Gasteiger partial charge in [0.2, 0.25) is 0 Å². The van der Waals surface area contributed by atoms with Crippen LogP contribution in [0.25, 0.3) is 0 Å². The van der Waals surface area contributed by atoms with Crippen LogP contribution in [0.1, 0.15) is 17.4 Å². The summed E-state index contributed by atoms with van der Waals surface area (Å²) in [5, 5.41) is 11.6. The van der Waals surface area contributed by atoms with Gasteiger partial charge in [-0.2, -0.15) is 0 Å². The molecule has 1 amide bonds. The minimum atomic E-state index is -0.359. The Balaban J connectivity index is 2.58. The molecule has 2 N–H and O–H groups in total. The second-order valence-electron chi connectivity index (χ2n) is 3.22. The minimum Gasteiger partial charge on any atom is -0.396 e. The molecule has 1 unspecified atom stereocenters. The fourth-order valence-corrected chi connectivity index (χ4v) is 1.09. The first-order chi connectivity index (χ1) is 7.15. The summed E-state index contributed by atoms with van der Waals surface area (Å²) in [6, 6.07) is 0. The number of amides is 1. The molecule has 0 aliphatic heterocycles. The third-order valence-corrected chi connectivity index (χ3v) is 2.08. The number of carbonyl (C=O) groups excluding carboxylic acids is 1. The van der Waals surface area contributed by atoms with E-state index in [1.54, 1.807) is 0 Å². The van der Waals surface area contributed by atoms with Gasteiger partial charge < -0.3 is 10.4 Å². The first-order valence-electron chi connectivity index (χ1n) is 4.49. The first kappa shape index (κ1) is 11.9. The lowest BCUT2D eigenvalue weighted by atomic mass is 10.2. The maximum atomic E-state index is 11.5. The zero-order valence-electron chi connectivity index (χ0n) is 8.27. The van der Waals surface area contributed by atoms with Crippen LogP contribution >= 0.6 is 11.6 Å². The number of aliphatic hydroxyl groups is 1. The first-order valence-corrected chi connectivity index (χ1v) is 4.87. The van der Waals surface area contributed by atoms with E-state index in [0.29, 0.717) is 6.54 Å². The molecule has 0 aliphatic carbocycles. The summed E-state index contributed by atoms with van der Waals surface area (Å²) >= 11 is 5.73. The number of halogens is 1. The summed E-state index contributed by atoms with van der Waals surface area (Å²) in [7, 11) is 0. The molecule has 0 bridgehead atoms. The van der Waals surface area contributed by atoms with Crippen molar-refractivity contribution in [3.05, 3.63) is 23.2 Å². The molecular formula is C9H12ClN3O2. The van der Waals surface area contributed by atoms with Gasteiger partial charge in [-0.05, 0) is 5.92 Å². The Morgan fingerprint density at radius 2 is 2.47 bits per heavy atom. The van der Waals surface area contributed by atoms with Gasteiger partial charge in [-0.1, -0.05) is 18.5 Å². The lowest BCUT2D eigenvalue weighted by Gasteiger charge is -2.09. The minimum absolute atomic E-state index is 0.00885. The predicted octanol–water partition coefficient (Wildman–Crippen LogP) is 0.488. The highest BCUT2D eigenvalue weighted by Crippen LogP contribution is 2.09. The second-order valence-corrected chi connectivity index (χ2v) is 3.62.